The first-order valence-electron chi connectivity index (χ1n) is 8.38. The summed E-state index contributed by atoms with van der Waals surface area (Å²) >= 11 is 0. The van der Waals surface area contributed by atoms with Gasteiger partial charge in [0.15, 0.2) is 0 Å². The summed E-state index contributed by atoms with van der Waals surface area (Å²) in [4.78, 5) is 13.8. The highest BCUT2D eigenvalue weighted by Crippen LogP contribution is 2.30. The summed E-state index contributed by atoms with van der Waals surface area (Å²) in [6.45, 7) is 4.79. The van der Waals surface area contributed by atoms with Crippen LogP contribution in [-0.2, 0) is 4.74 Å². The van der Waals surface area contributed by atoms with Crippen molar-refractivity contribution in [1.82, 2.24) is 4.90 Å². The number of benzene rings is 1. The first kappa shape index (κ1) is 18.1. The lowest BCUT2D eigenvalue weighted by molar-refractivity contribution is 0.0691. The van der Waals surface area contributed by atoms with E-state index in [9.17, 15) is 14.4 Å². The number of nitrogens with one attached hydrogen (secondary N) is 1. The second kappa shape index (κ2) is 8.00. The van der Waals surface area contributed by atoms with Gasteiger partial charge in [0.25, 0.3) is 0 Å². The number of likely N-dealkylation sites (tertiary alicyclic amines) is 1. The Morgan fingerprint density at radius 1 is 1.58 bits per heavy atom. The minimum atomic E-state index is -0.812. The number of anilines is 1. The van der Waals surface area contributed by atoms with E-state index in [2.05, 4.69) is 11.4 Å². The van der Waals surface area contributed by atoms with Gasteiger partial charge in [0, 0.05) is 31.1 Å². The second-order valence-corrected chi connectivity index (χ2v) is 6.29. The van der Waals surface area contributed by atoms with Crippen molar-refractivity contribution < 1.29 is 13.9 Å². The topological polar surface area (TPSA) is 65.4 Å². The monoisotopic (exact) mass is 333 g/mol. The minimum absolute atomic E-state index is 0.131. The Labute approximate surface area is 142 Å². The van der Waals surface area contributed by atoms with E-state index in [1.54, 1.807) is 17.0 Å². The summed E-state index contributed by atoms with van der Waals surface area (Å²) in [5, 5.41) is 12.8. The first-order valence-corrected chi connectivity index (χ1v) is 8.38. The standard InChI is InChI=1S/C18H24FN3O2/c1-3-4-10-24-17(23)22-9-8-18(13-20,12-14(22)2)21-16-7-5-6-15(19)11-16/h5-7,11,14,21H,3-4,8-10,12H2,1-2H3/t14-,18+/m0/s1. The first-order chi connectivity index (χ1) is 11.5. The molecule has 6 heteroatoms. The Kier molecular flexibility index (Phi) is 6.02. The lowest BCUT2D eigenvalue weighted by Gasteiger charge is -2.42. The second-order valence-electron chi connectivity index (χ2n) is 6.29. The van der Waals surface area contributed by atoms with Crippen molar-refractivity contribution >= 4 is 11.8 Å². The maximum atomic E-state index is 13.3. The molecule has 1 heterocycles. The van der Waals surface area contributed by atoms with Gasteiger partial charge in [-0.1, -0.05) is 19.4 Å². The molecule has 1 aromatic carbocycles. The van der Waals surface area contributed by atoms with Crippen LogP contribution in [0, 0.1) is 17.1 Å². The molecule has 1 aliphatic heterocycles. The average molecular weight is 333 g/mol. The molecule has 130 valence electrons. The van der Waals surface area contributed by atoms with Crippen LogP contribution in [0.25, 0.3) is 0 Å². The van der Waals surface area contributed by atoms with Crippen molar-refractivity contribution in [2.45, 2.75) is 51.1 Å². The number of halogens is 1. The van der Waals surface area contributed by atoms with Gasteiger partial charge >= 0.3 is 6.09 Å². The van der Waals surface area contributed by atoms with Gasteiger partial charge in [-0.05, 0) is 31.5 Å². The fourth-order valence-corrected chi connectivity index (χ4v) is 2.99. The molecule has 0 aromatic heterocycles. The average Bonchev–Trinajstić information content (AvgIpc) is 2.55. The van der Waals surface area contributed by atoms with Gasteiger partial charge < -0.3 is 15.0 Å². The Balaban J connectivity index is 2.01. The summed E-state index contributed by atoms with van der Waals surface area (Å²) in [5.41, 5.74) is -0.240. The molecule has 2 rings (SSSR count). The van der Waals surface area contributed by atoms with Crippen LogP contribution in [0.3, 0.4) is 0 Å². The Bertz CT molecular complexity index is 617. The predicted molar refractivity (Wildman–Crippen MR) is 90.0 cm³/mol. The normalized spacial score (nSPS) is 23.4. The van der Waals surface area contributed by atoms with Crippen molar-refractivity contribution in [2.75, 3.05) is 18.5 Å². The molecule has 1 amide bonds. The smallest absolute Gasteiger partial charge is 0.409 e. The van der Waals surface area contributed by atoms with Crippen LogP contribution < -0.4 is 5.32 Å². The Morgan fingerprint density at radius 2 is 2.38 bits per heavy atom. The lowest BCUT2D eigenvalue weighted by Crippen LogP contribution is -2.54. The number of ether oxygens (including phenoxy) is 1. The number of nitriles is 1. The Morgan fingerprint density at radius 3 is 3.00 bits per heavy atom. The molecular weight excluding hydrogens is 309 g/mol. The number of nitrogens with zero attached hydrogens (tertiary/aromatic N) is 2. The largest absolute Gasteiger partial charge is 0.449 e. The van der Waals surface area contributed by atoms with Crippen LogP contribution >= 0.6 is 0 Å². The molecule has 1 aliphatic rings. The molecule has 0 spiro atoms. The molecule has 2 atom stereocenters. The van der Waals surface area contributed by atoms with E-state index in [0.29, 0.717) is 31.7 Å². The van der Waals surface area contributed by atoms with E-state index < -0.39 is 5.54 Å². The van der Waals surface area contributed by atoms with Crippen LogP contribution in [0.2, 0.25) is 0 Å². The molecule has 1 N–H and O–H groups in total. The summed E-state index contributed by atoms with van der Waals surface area (Å²) in [7, 11) is 0. The molecule has 1 fully saturated rings. The van der Waals surface area contributed by atoms with Gasteiger partial charge in [0.2, 0.25) is 0 Å². The van der Waals surface area contributed by atoms with E-state index in [1.165, 1.54) is 12.1 Å². The van der Waals surface area contributed by atoms with Crippen molar-refractivity contribution in [2.24, 2.45) is 0 Å². The zero-order valence-electron chi connectivity index (χ0n) is 14.2. The number of piperidine rings is 1. The predicted octanol–water partition coefficient (Wildman–Crippen LogP) is 3.92. The van der Waals surface area contributed by atoms with Gasteiger partial charge in [-0.15, -0.1) is 0 Å². The number of hydrogen-bond acceptors (Lipinski definition) is 4. The SMILES string of the molecule is CCCCOC(=O)N1CC[C@@](C#N)(Nc2cccc(F)c2)C[C@@H]1C. The molecule has 0 aliphatic carbocycles. The summed E-state index contributed by atoms with van der Waals surface area (Å²) in [6, 6.07) is 8.26. The summed E-state index contributed by atoms with van der Waals surface area (Å²) in [6.07, 6.45) is 2.42. The molecule has 0 saturated carbocycles. The third kappa shape index (κ3) is 4.38. The Hall–Kier alpha value is -2.29. The lowest BCUT2D eigenvalue weighted by atomic mass is 9.84. The van der Waals surface area contributed by atoms with Crippen molar-refractivity contribution in [1.29, 1.82) is 5.26 Å². The number of rotatable bonds is 5. The van der Waals surface area contributed by atoms with Crippen LogP contribution in [0.4, 0.5) is 14.9 Å². The number of carbonyl (C=O) groups is 1. The highest BCUT2D eigenvalue weighted by molar-refractivity contribution is 5.68. The van der Waals surface area contributed by atoms with E-state index in [1.807, 2.05) is 13.8 Å². The molecule has 0 bridgehead atoms. The highest BCUT2D eigenvalue weighted by atomic mass is 19.1. The van der Waals surface area contributed by atoms with Crippen molar-refractivity contribution in [3.63, 3.8) is 0 Å². The zero-order chi connectivity index (χ0) is 17.6. The van der Waals surface area contributed by atoms with Crippen LogP contribution in [-0.4, -0.2) is 35.7 Å². The maximum Gasteiger partial charge on any atom is 0.409 e. The summed E-state index contributed by atoms with van der Waals surface area (Å²) in [5.74, 6) is -0.349. The molecule has 0 unspecified atom stereocenters. The van der Waals surface area contributed by atoms with Crippen LogP contribution in [0.5, 0.6) is 0 Å². The molecule has 0 radical (unpaired) electrons. The van der Waals surface area contributed by atoms with Gasteiger partial charge in [-0.25, -0.2) is 9.18 Å². The van der Waals surface area contributed by atoms with Gasteiger partial charge in [0.05, 0.1) is 12.7 Å². The van der Waals surface area contributed by atoms with E-state index in [0.717, 1.165) is 12.8 Å². The summed E-state index contributed by atoms with van der Waals surface area (Å²) < 4.78 is 18.6. The number of carbonyl (C=O) groups excluding carboxylic acids is 1. The van der Waals surface area contributed by atoms with E-state index >= 15 is 0 Å². The molecule has 5 nitrogen and oxygen atoms in total. The molecule has 1 saturated heterocycles. The quantitative estimate of drug-likeness (QED) is 0.830. The van der Waals surface area contributed by atoms with Crippen LogP contribution in [0.1, 0.15) is 39.5 Å². The van der Waals surface area contributed by atoms with Gasteiger partial charge in [-0.2, -0.15) is 5.26 Å². The minimum Gasteiger partial charge on any atom is -0.449 e. The molecular formula is C18H24FN3O2. The fourth-order valence-electron chi connectivity index (χ4n) is 2.99. The van der Waals surface area contributed by atoms with Crippen molar-refractivity contribution in [3.05, 3.63) is 30.1 Å². The molecule has 24 heavy (non-hydrogen) atoms. The number of amides is 1. The van der Waals surface area contributed by atoms with Crippen LogP contribution in [0.15, 0.2) is 24.3 Å². The molecule has 1 aromatic rings. The van der Waals surface area contributed by atoms with E-state index in [4.69, 9.17) is 4.74 Å². The third-order valence-corrected chi connectivity index (χ3v) is 4.34. The number of hydrogen-bond donors (Lipinski definition) is 1. The fraction of sp³-hybridized carbons (Fsp3) is 0.556. The zero-order valence-corrected chi connectivity index (χ0v) is 14.2. The third-order valence-electron chi connectivity index (χ3n) is 4.34. The number of unbranched alkanes of at least 4 members (excludes halogenated alkanes) is 1. The van der Waals surface area contributed by atoms with Gasteiger partial charge in [-0.3, -0.25) is 0 Å². The van der Waals surface area contributed by atoms with Gasteiger partial charge in [0.1, 0.15) is 11.4 Å². The van der Waals surface area contributed by atoms with Crippen molar-refractivity contribution in [3.8, 4) is 6.07 Å². The maximum absolute atomic E-state index is 13.3. The highest BCUT2D eigenvalue weighted by Gasteiger charge is 2.40. The van der Waals surface area contributed by atoms with E-state index in [-0.39, 0.29) is 18.0 Å².